The first-order valence-electron chi connectivity index (χ1n) is 7.21. The topological polar surface area (TPSA) is 88.8 Å². The van der Waals surface area contributed by atoms with Crippen molar-refractivity contribution in [2.45, 2.75) is 39.3 Å². The van der Waals surface area contributed by atoms with Crippen LogP contribution in [0.2, 0.25) is 0 Å². The molecule has 0 radical (unpaired) electrons. The van der Waals surface area contributed by atoms with E-state index in [1.807, 2.05) is 0 Å². The molecular weight excluding hydrogens is 284 g/mol. The maximum absolute atomic E-state index is 12.5. The number of hydrogen-bond acceptors (Lipinski definition) is 5. The summed E-state index contributed by atoms with van der Waals surface area (Å²) in [6, 6.07) is 2.81. The predicted molar refractivity (Wildman–Crippen MR) is 83.4 cm³/mol. The first-order chi connectivity index (χ1) is 10.2. The maximum atomic E-state index is 12.5. The molecule has 1 aliphatic rings. The lowest BCUT2D eigenvalue weighted by atomic mass is 10.1. The lowest BCUT2D eigenvalue weighted by Gasteiger charge is -2.39. The molecule has 0 unspecified atom stereocenters. The lowest BCUT2D eigenvalue weighted by Crippen LogP contribution is -2.58. The Morgan fingerprint density at radius 3 is 2.59 bits per heavy atom. The molecule has 1 saturated heterocycles. The van der Waals surface area contributed by atoms with E-state index in [-0.39, 0.29) is 5.91 Å². The Bertz CT molecular complexity index is 565. The SMILES string of the molecule is C[C@H]1C(=O)N(c2ccc(N)nc2)CCN1C(=O)OC(C)(C)C. The van der Waals surface area contributed by atoms with E-state index in [4.69, 9.17) is 10.5 Å². The number of rotatable bonds is 1. The van der Waals surface area contributed by atoms with Crippen LogP contribution >= 0.6 is 0 Å². The average Bonchev–Trinajstić information content (AvgIpc) is 2.41. The van der Waals surface area contributed by atoms with Gasteiger partial charge in [0.1, 0.15) is 17.5 Å². The van der Waals surface area contributed by atoms with Gasteiger partial charge in [-0.3, -0.25) is 9.69 Å². The fourth-order valence-electron chi connectivity index (χ4n) is 2.25. The summed E-state index contributed by atoms with van der Waals surface area (Å²) in [6.45, 7) is 7.90. The molecule has 1 atom stereocenters. The Balaban J connectivity index is 2.11. The maximum Gasteiger partial charge on any atom is 0.411 e. The number of nitrogens with two attached hydrogens (primary N) is 1. The summed E-state index contributed by atoms with van der Waals surface area (Å²) in [5, 5.41) is 0. The van der Waals surface area contributed by atoms with Crippen molar-refractivity contribution in [3.05, 3.63) is 18.3 Å². The molecule has 2 N–H and O–H groups in total. The van der Waals surface area contributed by atoms with Gasteiger partial charge in [-0.15, -0.1) is 0 Å². The van der Waals surface area contributed by atoms with Gasteiger partial charge in [0.25, 0.3) is 0 Å². The Kier molecular flexibility index (Phi) is 4.25. The highest BCUT2D eigenvalue weighted by molar-refractivity contribution is 5.99. The van der Waals surface area contributed by atoms with E-state index in [2.05, 4.69) is 4.98 Å². The number of carbonyl (C=O) groups excluding carboxylic acids is 2. The molecule has 1 aliphatic heterocycles. The van der Waals surface area contributed by atoms with E-state index < -0.39 is 17.7 Å². The first-order valence-corrected chi connectivity index (χ1v) is 7.21. The minimum atomic E-state index is -0.585. The first kappa shape index (κ1) is 16.1. The molecule has 7 heteroatoms. The van der Waals surface area contributed by atoms with E-state index in [9.17, 15) is 9.59 Å². The van der Waals surface area contributed by atoms with Crippen LogP contribution in [0.25, 0.3) is 0 Å². The molecule has 0 saturated carbocycles. The second-order valence-electron chi connectivity index (χ2n) is 6.28. The average molecular weight is 306 g/mol. The molecule has 2 heterocycles. The van der Waals surface area contributed by atoms with Crippen molar-refractivity contribution < 1.29 is 14.3 Å². The standard InChI is InChI=1S/C15H22N4O3/c1-10-13(20)19(11-5-6-12(16)17-9-11)8-7-18(10)14(21)22-15(2,3)4/h5-6,9-10H,7-8H2,1-4H3,(H2,16,17)/t10-/m0/s1. The second kappa shape index (κ2) is 5.82. The van der Waals surface area contributed by atoms with Gasteiger partial charge in [0.05, 0.1) is 11.9 Å². The molecule has 0 spiro atoms. The number of nitrogens with zero attached hydrogens (tertiary/aromatic N) is 3. The molecule has 1 aromatic rings. The van der Waals surface area contributed by atoms with Crippen molar-refractivity contribution in [1.82, 2.24) is 9.88 Å². The zero-order valence-corrected chi connectivity index (χ0v) is 13.4. The van der Waals surface area contributed by atoms with E-state index in [0.717, 1.165) is 0 Å². The normalized spacial score (nSPS) is 19.3. The predicted octanol–water partition coefficient (Wildman–Crippen LogP) is 1.64. The van der Waals surface area contributed by atoms with Crippen LogP contribution in [0.15, 0.2) is 18.3 Å². The lowest BCUT2D eigenvalue weighted by molar-refractivity contribution is -0.125. The highest BCUT2D eigenvalue weighted by atomic mass is 16.6. The number of pyridine rings is 1. The molecule has 7 nitrogen and oxygen atoms in total. The van der Waals surface area contributed by atoms with Crippen molar-refractivity contribution >= 4 is 23.5 Å². The monoisotopic (exact) mass is 306 g/mol. The number of ether oxygens (including phenoxy) is 1. The van der Waals surface area contributed by atoms with E-state index in [0.29, 0.717) is 24.6 Å². The van der Waals surface area contributed by atoms with Crippen LogP contribution in [0.5, 0.6) is 0 Å². The third-order valence-electron chi connectivity index (χ3n) is 3.37. The molecular formula is C15H22N4O3. The summed E-state index contributed by atoms with van der Waals surface area (Å²) >= 11 is 0. The molecule has 0 aliphatic carbocycles. The Labute approximate surface area is 130 Å². The molecule has 22 heavy (non-hydrogen) atoms. The number of hydrogen-bond donors (Lipinski definition) is 1. The fourth-order valence-corrected chi connectivity index (χ4v) is 2.25. The minimum absolute atomic E-state index is 0.163. The van der Waals surface area contributed by atoms with Crippen molar-refractivity contribution in [3.8, 4) is 0 Å². The minimum Gasteiger partial charge on any atom is -0.444 e. The molecule has 0 bridgehead atoms. The van der Waals surface area contributed by atoms with Crippen LogP contribution in [0.1, 0.15) is 27.7 Å². The number of nitrogen functional groups attached to an aromatic ring is 1. The Morgan fingerprint density at radius 1 is 1.36 bits per heavy atom. The summed E-state index contributed by atoms with van der Waals surface area (Å²) in [6.07, 6.45) is 1.09. The molecule has 120 valence electrons. The van der Waals surface area contributed by atoms with Gasteiger partial charge in [0.15, 0.2) is 0 Å². The van der Waals surface area contributed by atoms with Crippen LogP contribution in [-0.4, -0.2) is 46.6 Å². The molecule has 1 aromatic heterocycles. The van der Waals surface area contributed by atoms with Gasteiger partial charge in [-0.2, -0.15) is 0 Å². The Morgan fingerprint density at radius 2 is 2.05 bits per heavy atom. The van der Waals surface area contributed by atoms with Crippen LogP contribution in [0, 0.1) is 0 Å². The zero-order valence-electron chi connectivity index (χ0n) is 13.4. The van der Waals surface area contributed by atoms with Crippen molar-refractivity contribution in [2.24, 2.45) is 0 Å². The van der Waals surface area contributed by atoms with E-state index in [1.165, 1.54) is 4.90 Å². The zero-order chi connectivity index (χ0) is 16.5. The number of aromatic nitrogens is 1. The molecule has 0 aromatic carbocycles. The Hall–Kier alpha value is -2.31. The summed E-state index contributed by atoms with van der Waals surface area (Å²) in [7, 11) is 0. The van der Waals surface area contributed by atoms with Crippen LogP contribution in [-0.2, 0) is 9.53 Å². The van der Waals surface area contributed by atoms with Crippen LogP contribution < -0.4 is 10.6 Å². The van der Waals surface area contributed by atoms with Crippen molar-refractivity contribution in [1.29, 1.82) is 0 Å². The smallest absolute Gasteiger partial charge is 0.411 e. The third-order valence-corrected chi connectivity index (χ3v) is 3.37. The van der Waals surface area contributed by atoms with E-state index >= 15 is 0 Å². The quantitative estimate of drug-likeness (QED) is 0.852. The summed E-state index contributed by atoms with van der Waals surface area (Å²) in [5.74, 6) is 0.236. The van der Waals surface area contributed by atoms with Gasteiger partial charge < -0.3 is 15.4 Å². The number of anilines is 2. The number of amides is 2. The number of carbonyl (C=O) groups is 2. The van der Waals surface area contributed by atoms with Gasteiger partial charge in [0, 0.05) is 13.1 Å². The third kappa shape index (κ3) is 3.47. The highest BCUT2D eigenvalue weighted by Crippen LogP contribution is 2.22. The molecule has 1 fully saturated rings. The number of piperazine rings is 1. The van der Waals surface area contributed by atoms with Crippen LogP contribution in [0.4, 0.5) is 16.3 Å². The van der Waals surface area contributed by atoms with Gasteiger partial charge in [-0.05, 0) is 39.8 Å². The van der Waals surface area contributed by atoms with Gasteiger partial charge in [0.2, 0.25) is 5.91 Å². The van der Waals surface area contributed by atoms with Gasteiger partial charge in [-0.25, -0.2) is 9.78 Å². The largest absolute Gasteiger partial charge is 0.444 e. The van der Waals surface area contributed by atoms with Gasteiger partial charge in [-0.1, -0.05) is 0 Å². The summed E-state index contributed by atoms with van der Waals surface area (Å²) in [5.41, 5.74) is 5.65. The highest BCUT2D eigenvalue weighted by Gasteiger charge is 2.37. The summed E-state index contributed by atoms with van der Waals surface area (Å²) < 4.78 is 5.34. The second-order valence-corrected chi connectivity index (χ2v) is 6.28. The van der Waals surface area contributed by atoms with Crippen molar-refractivity contribution in [3.63, 3.8) is 0 Å². The fraction of sp³-hybridized carbons (Fsp3) is 0.533. The van der Waals surface area contributed by atoms with E-state index in [1.54, 1.807) is 50.9 Å². The van der Waals surface area contributed by atoms with Gasteiger partial charge >= 0.3 is 6.09 Å². The summed E-state index contributed by atoms with van der Waals surface area (Å²) in [4.78, 5) is 31.7. The van der Waals surface area contributed by atoms with Crippen molar-refractivity contribution in [2.75, 3.05) is 23.7 Å². The molecule has 2 amide bonds. The van der Waals surface area contributed by atoms with Crippen LogP contribution in [0.3, 0.4) is 0 Å². The molecule has 2 rings (SSSR count).